The van der Waals surface area contributed by atoms with Crippen molar-refractivity contribution >= 4 is 5.97 Å². The van der Waals surface area contributed by atoms with Gasteiger partial charge in [-0.05, 0) is 50.4 Å². The van der Waals surface area contributed by atoms with E-state index in [1.807, 2.05) is 0 Å². The highest BCUT2D eigenvalue weighted by Crippen LogP contribution is 2.27. The molecule has 3 heteroatoms. The molecule has 1 rings (SSSR count). The van der Waals surface area contributed by atoms with E-state index in [0.717, 1.165) is 18.5 Å². The molecule has 106 valence electrons. The summed E-state index contributed by atoms with van der Waals surface area (Å²) in [4.78, 5) is 11.7. The van der Waals surface area contributed by atoms with Crippen molar-refractivity contribution in [2.45, 2.75) is 46.1 Å². The number of rotatable bonds is 6. The standard InChI is InChI=1S/C16H25NO2/c1-6-9-17-16(4,11-15(18)19-5)14-8-7-12(2)13(3)10-14/h7-8,10,17H,6,9,11H2,1-5H3. The van der Waals surface area contributed by atoms with Crippen LogP contribution < -0.4 is 5.32 Å². The fourth-order valence-electron chi connectivity index (χ4n) is 2.11. The molecule has 3 nitrogen and oxygen atoms in total. The lowest BCUT2D eigenvalue weighted by molar-refractivity contribution is -0.142. The second-order valence-electron chi connectivity index (χ2n) is 5.31. The fraction of sp³-hybridized carbons (Fsp3) is 0.562. The summed E-state index contributed by atoms with van der Waals surface area (Å²) in [5.41, 5.74) is 3.27. The Kier molecular flexibility index (Phi) is 5.55. The van der Waals surface area contributed by atoms with E-state index in [1.165, 1.54) is 18.2 Å². The molecule has 0 aliphatic carbocycles. The predicted octanol–water partition coefficient (Wildman–Crippen LogP) is 3.08. The number of methoxy groups -OCH3 is 1. The van der Waals surface area contributed by atoms with Gasteiger partial charge in [0.05, 0.1) is 19.1 Å². The molecule has 0 amide bonds. The first-order chi connectivity index (χ1) is 8.92. The Balaban J connectivity index is 3.06. The van der Waals surface area contributed by atoms with Crippen LogP contribution in [-0.2, 0) is 15.1 Å². The van der Waals surface area contributed by atoms with E-state index in [9.17, 15) is 4.79 Å². The molecule has 0 saturated heterocycles. The highest BCUT2D eigenvalue weighted by molar-refractivity contribution is 5.71. The van der Waals surface area contributed by atoms with Crippen molar-refractivity contribution in [3.8, 4) is 0 Å². The minimum absolute atomic E-state index is 0.190. The lowest BCUT2D eigenvalue weighted by atomic mass is 9.86. The van der Waals surface area contributed by atoms with Crippen molar-refractivity contribution < 1.29 is 9.53 Å². The summed E-state index contributed by atoms with van der Waals surface area (Å²) < 4.78 is 4.82. The zero-order valence-corrected chi connectivity index (χ0v) is 12.7. The molecule has 1 N–H and O–H groups in total. The molecule has 0 radical (unpaired) electrons. The van der Waals surface area contributed by atoms with Gasteiger partial charge in [0.1, 0.15) is 0 Å². The largest absolute Gasteiger partial charge is 0.469 e. The predicted molar refractivity (Wildman–Crippen MR) is 78.2 cm³/mol. The normalized spacial score (nSPS) is 13.9. The molecule has 0 aliphatic heterocycles. The van der Waals surface area contributed by atoms with Gasteiger partial charge in [-0.3, -0.25) is 4.79 Å². The van der Waals surface area contributed by atoms with E-state index in [-0.39, 0.29) is 11.5 Å². The summed E-state index contributed by atoms with van der Waals surface area (Å²) in [5, 5.41) is 3.47. The molecule has 19 heavy (non-hydrogen) atoms. The van der Waals surface area contributed by atoms with Gasteiger partial charge in [0.15, 0.2) is 0 Å². The molecule has 0 spiro atoms. The molecule has 0 bridgehead atoms. The Bertz CT molecular complexity index is 442. The molecule has 1 aromatic carbocycles. The van der Waals surface area contributed by atoms with Crippen LogP contribution in [0.4, 0.5) is 0 Å². The van der Waals surface area contributed by atoms with E-state index in [2.05, 4.69) is 51.2 Å². The molecule has 0 saturated carbocycles. The van der Waals surface area contributed by atoms with Crippen LogP contribution in [0.15, 0.2) is 18.2 Å². The first-order valence-corrected chi connectivity index (χ1v) is 6.82. The second kappa shape index (κ2) is 6.71. The van der Waals surface area contributed by atoms with Crippen molar-refractivity contribution in [2.24, 2.45) is 0 Å². The Labute approximate surface area is 116 Å². The van der Waals surface area contributed by atoms with Crippen LogP contribution in [-0.4, -0.2) is 19.6 Å². The summed E-state index contributed by atoms with van der Waals surface area (Å²) >= 11 is 0. The van der Waals surface area contributed by atoms with Gasteiger partial charge in [0.2, 0.25) is 0 Å². The number of benzene rings is 1. The van der Waals surface area contributed by atoms with Crippen LogP contribution >= 0.6 is 0 Å². The Morgan fingerprint density at radius 3 is 2.53 bits per heavy atom. The average molecular weight is 263 g/mol. The van der Waals surface area contributed by atoms with Crippen molar-refractivity contribution in [2.75, 3.05) is 13.7 Å². The fourth-order valence-corrected chi connectivity index (χ4v) is 2.11. The van der Waals surface area contributed by atoms with Crippen LogP contribution in [0.1, 0.15) is 43.4 Å². The first kappa shape index (κ1) is 15.7. The molecular weight excluding hydrogens is 238 g/mol. The molecule has 0 heterocycles. The van der Waals surface area contributed by atoms with Gasteiger partial charge in [-0.25, -0.2) is 0 Å². The van der Waals surface area contributed by atoms with E-state index in [0.29, 0.717) is 6.42 Å². The summed E-state index contributed by atoms with van der Waals surface area (Å²) in [7, 11) is 1.43. The molecule has 0 fully saturated rings. The minimum atomic E-state index is -0.373. The highest BCUT2D eigenvalue weighted by Gasteiger charge is 2.29. The van der Waals surface area contributed by atoms with E-state index in [4.69, 9.17) is 4.74 Å². The van der Waals surface area contributed by atoms with Gasteiger partial charge in [-0.15, -0.1) is 0 Å². The van der Waals surface area contributed by atoms with Crippen LogP contribution in [0.25, 0.3) is 0 Å². The first-order valence-electron chi connectivity index (χ1n) is 6.82. The second-order valence-corrected chi connectivity index (χ2v) is 5.31. The van der Waals surface area contributed by atoms with Gasteiger partial charge >= 0.3 is 5.97 Å². The number of carbonyl (C=O) groups is 1. The van der Waals surface area contributed by atoms with Gasteiger partial charge < -0.3 is 10.1 Å². The number of nitrogens with one attached hydrogen (secondary N) is 1. The third kappa shape index (κ3) is 4.06. The summed E-state index contributed by atoms with van der Waals surface area (Å²) in [6, 6.07) is 6.35. The Morgan fingerprint density at radius 1 is 1.32 bits per heavy atom. The van der Waals surface area contributed by atoms with Crippen LogP contribution in [0.2, 0.25) is 0 Å². The van der Waals surface area contributed by atoms with Crippen LogP contribution in [0.5, 0.6) is 0 Å². The number of esters is 1. The summed E-state index contributed by atoms with van der Waals surface area (Å²) in [6.45, 7) is 9.24. The number of hydrogen-bond acceptors (Lipinski definition) is 3. The number of ether oxygens (including phenoxy) is 1. The maximum atomic E-state index is 11.7. The van der Waals surface area contributed by atoms with Crippen molar-refractivity contribution in [1.29, 1.82) is 0 Å². The van der Waals surface area contributed by atoms with Crippen molar-refractivity contribution in [3.05, 3.63) is 34.9 Å². The average Bonchev–Trinajstić information content (AvgIpc) is 2.39. The van der Waals surface area contributed by atoms with Crippen LogP contribution in [0, 0.1) is 13.8 Å². The van der Waals surface area contributed by atoms with E-state index in [1.54, 1.807) is 0 Å². The van der Waals surface area contributed by atoms with Crippen molar-refractivity contribution in [1.82, 2.24) is 5.32 Å². The van der Waals surface area contributed by atoms with E-state index >= 15 is 0 Å². The molecule has 1 unspecified atom stereocenters. The van der Waals surface area contributed by atoms with Crippen LogP contribution in [0.3, 0.4) is 0 Å². The molecule has 1 atom stereocenters. The quantitative estimate of drug-likeness (QED) is 0.802. The molecule has 0 aliphatic rings. The monoisotopic (exact) mass is 263 g/mol. The summed E-state index contributed by atoms with van der Waals surface area (Å²) in [6.07, 6.45) is 1.37. The molecular formula is C16H25NO2. The smallest absolute Gasteiger partial charge is 0.307 e. The highest BCUT2D eigenvalue weighted by atomic mass is 16.5. The molecule has 1 aromatic rings. The third-order valence-corrected chi connectivity index (χ3v) is 3.63. The lowest BCUT2D eigenvalue weighted by Crippen LogP contribution is -2.42. The third-order valence-electron chi connectivity index (χ3n) is 3.63. The number of aryl methyl sites for hydroxylation is 2. The maximum Gasteiger partial charge on any atom is 0.307 e. The van der Waals surface area contributed by atoms with Gasteiger partial charge in [-0.2, -0.15) is 0 Å². The van der Waals surface area contributed by atoms with Gasteiger partial charge in [0.25, 0.3) is 0 Å². The SMILES string of the molecule is CCCNC(C)(CC(=O)OC)c1ccc(C)c(C)c1. The Hall–Kier alpha value is -1.35. The minimum Gasteiger partial charge on any atom is -0.469 e. The van der Waals surface area contributed by atoms with Gasteiger partial charge in [-0.1, -0.05) is 25.1 Å². The van der Waals surface area contributed by atoms with Crippen molar-refractivity contribution in [3.63, 3.8) is 0 Å². The zero-order chi connectivity index (χ0) is 14.5. The van der Waals surface area contributed by atoms with Gasteiger partial charge in [0, 0.05) is 0 Å². The number of hydrogen-bond donors (Lipinski definition) is 1. The Morgan fingerprint density at radius 2 is 2.00 bits per heavy atom. The summed E-state index contributed by atoms with van der Waals surface area (Å²) in [5.74, 6) is -0.190. The van der Waals surface area contributed by atoms with E-state index < -0.39 is 0 Å². The topological polar surface area (TPSA) is 38.3 Å². The zero-order valence-electron chi connectivity index (χ0n) is 12.7. The number of carbonyl (C=O) groups excluding carboxylic acids is 1. The molecule has 0 aromatic heterocycles. The maximum absolute atomic E-state index is 11.7. The lowest BCUT2D eigenvalue weighted by Gasteiger charge is -2.31.